The van der Waals surface area contributed by atoms with Crippen LogP contribution in [0.1, 0.15) is 49.3 Å². The Balaban J connectivity index is 1.67. The Hall–Kier alpha value is -2.08. The van der Waals surface area contributed by atoms with Crippen molar-refractivity contribution in [3.63, 3.8) is 0 Å². The number of benzene rings is 1. The number of ether oxygens (including phenoxy) is 3. The summed E-state index contributed by atoms with van der Waals surface area (Å²) in [4.78, 5) is 27.3. The molecule has 1 aliphatic carbocycles. The minimum atomic E-state index is -0.428. The fraction of sp³-hybridized carbons (Fsp3) is 0.600. The lowest BCUT2D eigenvalue weighted by molar-refractivity contribution is -0.135. The molecule has 0 aromatic heterocycles. The maximum Gasteiger partial charge on any atom is 0.231 e. The van der Waals surface area contributed by atoms with Gasteiger partial charge in [-0.25, -0.2) is 0 Å². The van der Waals surface area contributed by atoms with Gasteiger partial charge in [0.25, 0.3) is 0 Å². The normalized spacial score (nSPS) is 25.1. The molecule has 2 atom stereocenters. The van der Waals surface area contributed by atoms with E-state index < -0.39 is 5.92 Å². The lowest BCUT2D eigenvalue weighted by Gasteiger charge is -2.36. The van der Waals surface area contributed by atoms with E-state index in [-0.39, 0.29) is 24.4 Å². The molecule has 0 bridgehead atoms. The Morgan fingerprint density at radius 3 is 2.92 bits per heavy atom. The maximum atomic E-state index is 12.9. The van der Waals surface area contributed by atoms with E-state index in [4.69, 9.17) is 14.2 Å². The minimum absolute atomic E-state index is 0.0547. The predicted octanol–water partition coefficient (Wildman–Crippen LogP) is 2.67. The van der Waals surface area contributed by atoms with Gasteiger partial charge in [0.2, 0.25) is 12.5 Å². The quantitative estimate of drug-likeness (QED) is 0.770. The fourth-order valence-electron chi connectivity index (χ4n) is 4.44. The Morgan fingerprint density at radius 2 is 2.15 bits per heavy atom. The van der Waals surface area contributed by atoms with Gasteiger partial charge in [-0.05, 0) is 37.9 Å². The van der Waals surface area contributed by atoms with Crippen molar-refractivity contribution in [3.8, 4) is 17.2 Å². The number of ketones is 2. The van der Waals surface area contributed by atoms with Gasteiger partial charge in [0.15, 0.2) is 11.5 Å². The Bertz CT molecular complexity index is 744. The molecular formula is C20H25NO5. The summed E-state index contributed by atoms with van der Waals surface area (Å²) in [5.74, 6) is 1.72. The van der Waals surface area contributed by atoms with E-state index >= 15 is 0 Å². The van der Waals surface area contributed by atoms with E-state index in [1.807, 2.05) is 13.1 Å². The van der Waals surface area contributed by atoms with Crippen LogP contribution < -0.4 is 14.2 Å². The Labute approximate surface area is 153 Å². The van der Waals surface area contributed by atoms with Gasteiger partial charge >= 0.3 is 0 Å². The third-order valence-electron chi connectivity index (χ3n) is 5.88. The molecule has 1 saturated carbocycles. The first-order valence-electron chi connectivity index (χ1n) is 9.35. The molecule has 1 fully saturated rings. The number of carbonyl (C=O) groups is 2. The number of hydrogen-bond donors (Lipinski definition) is 0. The highest BCUT2D eigenvalue weighted by Gasteiger charge is 2.37. The van der Waals surface area contributed by atoms with Gasteiger partial charge in [0.1, 0.15) is 11.6 Å². The summed E-state index contributed by atoms with van der Waals surface area (Å²) < 4.78 is 16.8. The highest BCUT2D eigenvalue weighted by molar-refractivity contribution is 6.03. The van der Waals surface area contributed by atoms with Crippen LogP contribution in [0.2, 0.25) is 0 Å². The predicted molar refractivity (Wildman–Crippen MR) is 94.8 cm³/mol. The molecule has 1 aromatic carbocycles. The van der Waals surface area contributed by atoms with E-state index in [1.165, 1.54) is 0 Å². The third-order valence-corrected chi connectivity index (χ3v) is 5.88. The first kappa shape index (κ1) is 17.3. The first-order valence-corrected chi connectivity index (χ1v) is 9.35. The van der Waals surface area contributed by atoms with Gasteiger partial charge < -0.3 is 14.2 Å². The molecule has 6 nitrogen and oxygen atoms in total. The van der Waals surface area contributed by atoms with Crippen molar-refractivity contribution in [3.05, 3.63) is 17.2 Å². The van der Waals surface area contributed by atoms with Crippen molar-refractivity contribution in [1.29, 1.82) is 0 Å². The number of likely N-dealkylation sites (N-methyl/N-ethyl adjacent to an activating group) is 1. The van der Waals surface area contributed by atoms with Gasteiger partial charge in [0, 0.05) is 31.0 Å². The van der Waals surface area contributed by atoms with Crippen LogP contribution in [0.5, 0.6) is 17.2 Å². The van der Waals surface area contributed by atoms with Gasteiger partial charge in [-0.3, -0.25) is 14.5 Å². The van der Waals surface area contributed by atoms with Crippen LogP contribution in [-0.4, -0.2) is 44.0 Å². The van der Waals surface area contributed by atoms with E-state index in [2.05, 4.69) is 4.90 Å². The molecule has 2 aliphatic heterocycles. The molecule has 4 rings (SSSR count). The van der Waals surface area contributed by atoms with E-state index in [9.17, 15) is 9.59 Å². The number of Topliss-reactive ketones (excluding diaryl/α,β-unsaturated/α-hetero) is 2. The summed E-state index contributed by atoms with van der Waals surface area (Å²) in [6.07, 6.45) is 4.30. The summed E-state index contributed by atoms with van der Waals surface area (Å²) >= 11 is 0. The standard InChI is InChI=1S/C20H25NO5/c1-21-8-7-12-9-17-19(26-11-25-17)20(24-2)18(12)14(21)10-16(23)13-5-3-4-6-15(13)22/h9,13-14H,3-8,10-11H2,1-2H3/t13-,14+/m1/s1. The second-order valence-corrected chi connectivity index (χ2v) is 7.40. The molecule has 0 unspecified atom stereocenters. The van der Waals surface area contributed by atoms with Crippen LogP contribution in [0, 0.1) is 5.92 Å². The summed E-state index contributed by atoms with van der Waals surface area (Å²) in [6.45, 7) is 1.04. The number of carbonyl (C=O) groups excluding carboxylic acids is 2. The zero-order chi connectivity index (χ0) is 18.3. The van der Waals surface area contributed by atoms with Gasteiger partial charge in [-0.15, -0.1) is 0 Å². The molecular weight excluding hydrogens is 334 g/mol. The molecule has 2 heterocycles. The van der Waals surface area contributed by atoms with Gasteiger partial charge in [-0.2, -0.15) is 0 Å². The number of hydrogen-bond acceptors (Lipinski definition) is 6. The zero-order valence-electron chi connectivity index (χ0n) is 15.4. The van der Waals surface area contributed by atoms with Gasteiger partial charge in [-0.1, -0.05) is 6.42 Å². The van der Waals surface area contributed by atoms with Crippen molar-refractivity contribution in [2.75, 3.05) is 27.5 Å². The average Bonchev–Trinajstić information content (AvgIpc) is 3.10. The van der Waals surface area contributed by atoms with Crippen LogP contribution in [0.25, 0.3) is 0 Å². The first-order chi connectivity index (χ1) is 12.6. The molecule has 6 heteroatoms. The van der Waals surface area contributed by atoms with E-state index in [1.54, 1.807) is 7.11 Å². The third kappa shape index (κ3) is 2.86. The summed E-state index contributed by atoms with van der Waals surface area (Å²) in [6, 6.07) is 1.90. The van der Waals surface area contributed by atoms with Gasteiger partial charge in [0.05, 0.1) is 13.0 Å². The zero-order valence-corrected chi connectivity index (χ0v) is 15.4. The van der Waals surface area contributed by atoms with Crippen molar-refractivity contribution >= 4 is 11.6 Å². The van der Waals surface area contributed by atoms with Crippen molar-refractivity contribution in [2.45, 2.75) is 44.6 Å². The Morgan fingerprint density at radius 1 is 1.31 bits per heavy atom. The number of nitrogens with zero attached hydrogens (tertiary/aromatic N) is 1. The molecule has 0 amide bonds. The molecule has 3 aliphatic rings. The van der Waals surface area contributed by atoms with Crippen LogP contribution in [0.15, 0.2) is 6.07 Å². The number of rotatable bonds is 4. The molecule has 0 spiro atoms. The van der Waals surface area contributed by atoms with Crippen LogP contribution >= 0.6 is 0 Å². The Kier molecular flexibility index (Phi) is 4.61. The highest BCUT2D eigenvalue weighted by atomic mass is 16.7. The van der Waals surface area contributed by atoms with Crippen LogP contribution in [-0.2, 0) is 16.0 Å². The van der Waals surface area contributed by atoms with Crippen LogP contribution in [0.3, 0.4) is 0 Å². The summed E-state index contributed by atoms with van der Waals surface area (Å²) in [7, 11) is 3.64. The molecule has 0 radical (unpaired) electrons. The molecule has 1 aromatic rings. The number of fused-ring (bicyclic) bond motifs is 2. The van der Waals surface area contributed by atoms with Crippen molar-refractivity contribution in [2.24, 2.45) is 5.92 Å². The smallest absolute Gasteiger partial charge is 0.231 e. The van der Waals surface area contributed by atoms with E-state index in [0.29, 0.717) is 36.5 Å². The monoisotopic (exact) mass is 359 g/mol. The topological polar surface area (TPSA) is 65.1 Å². The van der Waals surface area contributed by atoms with Crippen LogP contribution in [0.4, 0.5) is 0 Å². The minimum Gasteiger partial charge on any atom is -0.492 e. The highest BCUT2D eigenvalue weighted by Crippen LogP contribution is 2.50. The molecule has 140 valence electrons. The average molecular weight is 359 g/mol. The maximum absolute atomic E-state index is 12.9. The molecule has 0 saturated heterocycles. The second-order valence-electron chi connectivity index (χ2n) is 7.40. The lowest BCUT2D eigenvalue weighted by Crippen LogP contribution is -2.36. The van der Waals surface area contributed by atoms with Crippen molar-refractivity contribution < 1.29 is 23.8 Å². The lowest BCUT2D eigenvalue weighted by atomic mass is 9.80. The largest absolute Gasteiger partial charge is 0.492 e. The second kappa shape index (κ2) is 6.91. The van der Waals surface area contributed by atoms with E-state index in [0.717, 1.165) is 36.9 Å². The van der Waals surface area contributed by atoms with Crippen molar-refractivity contribution in [1.82, 2.24) is 4.90 Å². The molecule has 26 heavy (non-hydrogen) atoms. The summed E-state index contributed by atoms with van der Waals surface area (Å²) in [5.41, 5.74) is 2.14. The SMILES string of the molecule is COc1c2c(cc3c1[C@H](CC(=O)[C@@H]1CCCCC1=O)N(C)CC3)OCO2. The molecule has 0 N–H and O–H groups in total. The number of methoxy groups -OCH3 is 1. The fourth-order valence-corrected chi connectivity index (χ4v) is 4.44. The summed E-state index contributed by atoms with van der Waals surface area (Å²) in [5, 5.41) is 0.